The number of allylic oxidation sites excluding steroid dienone is 4. The molecule has 1 aliphatic carbocycles. The van der Waals surface area contributed by atoms with E-state index in [1.165, 1.54) is 5.57 Å². The van der Waals surface area contributed by atoms with Crippen LogP contribution < -0.4 is 5.73 Å². The van der Waals surface area contributed by atoms with Gasteiger partial charge in [-0.3, -0.25) is 9.36 Å². The Kier molecular flexibility index (Phi) is 7.68. The van der Waals surface area contributed by atoms with Gasteiger partial charge in [0.2, 0.25) is 5.91 Å². The second kappa shape index (κ2) is 9.61. The molecule has 3 nitrogen and oxygen atoms in total. The first kappa shape index (κ1) is 23.2. The van der Waals surface area contributed by atoms with Gasteiger partial charge in [-0.2, -0.15) is 0 Å². The molecular formula is C26H38N2O. The highest BCUT2D eigenvalue weighted by Gasteiger charge is 2.45. The summed E-state index contributed by atoms with van der Waals surface area (Å²) < 4.78 is 1.91. The molecule has 0 aliphatic heterocycles. The fourth-order valence-electron chi connectivity index (χ4n) is 3.65. The molecule has 0 spiro atoms. The van der Waals surface area contributed by atoms with E-state index in [0.29, 0.717) is 0 Å². The summed E-state index contributed by atoms with van der Waals surface area (Å²) in [5, 5.41) is 0. The number of nitrogens with two attached hydrogens (primary N) is 1. The van der Waals surface area contributed by atoms with Crippen LogP contribution in [0.15, 0.2) is 53.8 Å². The molecule has 1 fully saturated rings. The molecule has 1 heterocycles. The smallest absolute Gasteiger partial charge is 0.234 e. The third kappa shape index (κ3) is 6.45. The van der Waals surface area contributed by atoms with Crippen molar-refractivity contribution in [1.29, 1.82) is 0 Å². The van der Waals surface area contributed by atoms with E-state index in [1.54, 1.807) is 0 Å². The van der Waals surface area contributed by atoms with Crippen LogP contribution in [0.4, 0.5) is 0 Å². The second-order valence-corrected chi connectivity index (χ2v) is 9.64. The Balaban J connectivity index is 2.26. The predicted octanol–water partition coefficient (Wildman–Crippen LogP) is 6.39. The van der Waals surface area contributed by atoms with Gasteiger partial charge in [0.05, 0.1) is 0 Å². The first-order valence-electron chi connectivity index (χ1n) is 10.8. The SMILES string of the molecule is C=C(C)C=C=C/C(=C\CC)C1CC1C(=O)n1c(CCC(C)(C)C)ccc1C(C)N. The monoisotopic (exact) mass is 394 g/mol. The van der Waals surface area contributed by atoms with Gasteiger partial charge in [0, 0.05) is 23.3 Å². The van der Waals surface area contributed by atoms with Crippen LogP contribution in [0.25, 0.3) is 0 Å². The molecule has 1 aromatic heterocycles. The fraction of sp³-hybridized carbons (Fsp3) is 0.538. The molecular weight excluding hydrogens is 356 g/mol. The maximum atomic E-state index is 13.5. The van der Waals surface area contributed by atoms with Gasteiger partial charge in [0.25, 0.3) is 0 Å². The molecule has 158 valence electrons. The van der Waals surface area contributed by atoms with Crippen molar-refractivity contribution in [1.82, 2.24) is 4.57 Å². The molecule has 1 saturated carbocycles. The van der Waals surface area contributed by atoms with Gasteiger partial charge in [-0.1, -0.05) is 45.9 Å². The zero-order valence-corrected chi connectivity index (χ0v) is 19.1. The number of carbonyl (C=O) groups excluding carboxylic acids is 1. The largest absolute Gasteiger partial charge is 0.323 e. The standard InChI is InChI=1S/C26H38N2O/c1-8-10-20(12-9-11-18(2)3)22-17-23(22)25(29)28-21(15-16-26(5,6)7)13-14-24(28)19(4)27/h10-14,19,22-23H,2,8,15-17,27H2,1,3-7H3/b20-10+. The van der Waals surface area contributed by atoms with Crippen LogP contribution >= 0.6 is 0 Å². The van der Waals surface area contributed by atoms with Crippen LogP contribution in [0, 0.1) is 17.3 Å². The van der Waals surface area contributed by atoms with E-state index in [-0.39, 0.29) is 29.2 Å². The van der Waals surface area contributed by atoms with Crippen LogP contribution in [0.2, 0.25) is 0 Å². The minimum Gasteiger partial charge on any atom is -0.323 e. The van der Waals surface area contributed by atoms with Crippen molar-refractivity contribution < 1.29 is 4.79 Å². The summed E-state index contributed by atoms with van der Waals surface area (Å²) in [4.78, 5) is 13.5. The Bertz CT molecular complexity index is 839. The van der Waals surface area contributed by atoms with Gasteiger partial charge in [-0.25, -0.2) is 0 Å². The molecule has 3 unspecified atom stereocenters. The molecule has 0 aromatic carbocycles. The van der Waals surface area contributed by atoms with Crippen molar-refractivity contribution in [3.05, 3.63) is 65.2 Å². The summed E-state index contributed by atoms with van der Waals surface area (Å²) in [6, 6.07) is 3.94. The summed E-state index contributed by atoms with van der Waals surface area (Å²) >= 11 is 0. The van der Waals surface area contributed by atoms with E-state index in [0.717, 1.165) is 42.6 Å². The molecule has 0 saturated heterocycles. The number of carbonyl (C=O) groups is 1. The van der Waals surface area contributed by atoms with E-state index in [9.17, 15) is 4.79 Å². The van der Waals surface area contributed by atoms with E-state index in [2.05, 4.69) is 52.1 Å². The number of hydrogen-bond acceptors (Lipinski definition) is 2. The highest BCUT2D eigenvalue weighted by molar-refractivity contribution is 5.86. The highest BCUT2D eigenvalue weighted by Crippen LogP contribution is 2.46. The van der Waals surface area contributed by atoms with Crippen molar-refractivity contribution in [3.63, 3.8) is 0 Å². The lowest BCUT2D eigenvalue weighted by Crippen LogP contribution is -2.23. The lowest BCUT2D eigenvalue weighted by atomic mass is 9.90. The van der Waals surface area contributed by atoms with Gasteiger partial charge in [-0.15, -0.1) is 5.73 Å². The highest BCUT2D eigenvalue weighted by atomic mass is 16.2. The summed E-state index contributed by atoms with van der Waals surface area (Å²) in [5.41, 5.74) is 13.8. The Morgan fingerprint density at radius 3 is 2.59 bits per heavy atom. The lowest BCUT2D eigenvalue weighted by Gasteiger charge is -2.20. The van der Waals surface area contributed by atoms with Gasteiger partial charge in [0.15, 0.2) is 0 Å². The Morgan fingerprint density at radius 2 is 2.03 bits per heavy atom. The molecule has 3 atom stereocenters. The first-order chi connectivity index (χ1) is 13.5. The van der Waals surface area contributed by atoms with Crippen molar-refractivity contribution >= 4 is 5.91 Å². The molecule has 2 rings (SSSR count). The van der Waals surface area contributed by atoms with E-state index in [4.69, 9.17) is 5.73 Å². The topological polar surface area (TPSA) is 48.0 Å². The molecule has 0 amide bonds. The van der Waals surface area contributed by atoms with Gasteiger partial charge >= 0.3 is 0 Å². The summed E-state index contributed by atoms with van der Waals surface area (Å²) in [5.74, 6) is 0.483. The molecule has 0 radical (unpaired) electrons. The normalized spacial score (nSPS) is 20.0. The zero-order chi connectivity index (χ0) is 21.8. The zero-order valence-electron chi connectivity index (χ0n) is 19.1. The Labute approximate surface area is 177 Å². The molecule has 3 heteroatoms. The minimum atomic E-state index is -0.163. The lowest BCUT2D eigenvalue weighted by molar-refractivity contribution is 0.0873. The molecule has 29 heavy (non-hydrogen) atoms. The van der Waals surface area contributed by atoms with Gasteiger partial charge < -0.3 is 5.73 Å². The fourth-order valence-corrected chi connectivity index (χ4v) is 3.65. The Hall–Kier alpha value is -2.09. The summed E-state index contributed by atoms with van der Waals surface area (Å²) in [7, 11) is 0. The van der Waals surface area contributed by atoms with Crippen LogP contribution in [0.3, 0.4) is 0 Å². The number of aromatic nitrogens is 1. The average Bonchev–Trinajstić information content (AvgIpc) is 3.28. The Morgan fingerprint density at radius 1 is 1.34 bits per heavy atom. The minimum absolute atomic E-state index is 0.0222. The van der Waals surface area contributed by atoms with Crippen LogP contribution in [0.1, 0.15) is 83.0 Å². The predicted molar refractivity (Wildman–Crippen MR) is 123 cm³/mol. The maximum Gasteiger partial charge on any atom is 0.234 e. The number of hydrogen-bond donors (Lipinski definition) is 1. The molecule has 2 N–H and O–H groups in total. The van der Waals surface area contributed by atoms with Crippen LogP contribution in [0.5, 0.6) is 0 Å². The number of aryl methyl sites for hydroxylation is 1. The molecule has 0 bridgehead atoms. The van der Waals surface area contributed by atoms with Gasteiger partial charge in [-0.05, 0) is 80.7 Å². The number of rotatable bonds is 8. The van der Waals surface area contributed by atoms with Crippen molar-refractivity contribution in [2.75, 3.05) is 0 Å². The average molecular weight is 395 g/mol. The number of nitrogens with zero attached hydrogens (tertiary/aromatic N) is 1. The molecule has 1 aliphatic rings. The maximum absolute atomic E-state index is 13.5. The van der Waals surface area contributed by atoms with Gasteiger partial charge in [0.1, 0.15) is 0 Å². The molecule has 1 aromatic rings. The van der Waals surface area contributed by atoms with Crippen LogP contribution in [-0.4, -0.2) is 10.5 Å². The van der Waals surface area contributed by atoms with Crippen molar-refractivity contribution in [3.8, 4) is 0 Å². The third-order valence-corrected chi connectivity index (χ3v) is 5.37. The summed E-state index contributed by atoms with van der Waals surface area (Å²) in [6.45, 7) is 16.6. The quantitative estimate of drug-likeness (QED) is 0.410. The van der Waals surface area contributed by atoms with Crippen molar-refractivity contribution in [2.24, 2.45) is 23.0 Å². The van der Waals surface area contributed by atoms with E-state index < -0.39 is 0 Å². The van der Waals surface area contributed by atoms with Crippen LogP contribution in [-0.2, 0) is 6.42 Å². The van der Waals surface area contributed by atoms with E-state index in [1.807, 2.05) is 36.6 Å². The van der Waals surface area contributed by atoms with E-state index >= 15 is 0 Å². The summed E-state index contributed by atoms with van der Waals surface area (Å²) in [6.07, 6.45) is 9.87. The first-order valence-corrected chi connectivity index (χ1v) is 10.8. The van der Waals surface area contributed by atoms with Crippen molar-refractivity contribution in [2.45, 2.75) is 73.3 Å². The second-order valence-electron chi connectivity index (χ2n) is 9.64. The third-order valence-electron chi connectivity index (χ3n) is 5.37.